The fraction of sp³-hybridized carbons (Fsp3) is 0.108. The molecule has 0 aliphatic rings. The topological polar surface area (TPSA) is 86.4 Å². The molecule has 0 amide bonds. The lowest BCUT2D eigenvalue weighted by molar-refractivity contribution is -0.00352. The third-order valence-corrected chi connectivity index (χ3v) is 14.7. The number of hydrogen-bond donors (Lipinski definition) is 0. The Labute approximate surface area is 536 Å². The molecule has 9 rings (SSSR count). The Balaban J connectivity index is 1.10. The molecular formula is C83H72N4O4. The number of ether oxygens (including phenoxy) is 4. The highest BCUT2D eigenvalue weighted by Gasteiger charge is 2.36. The molecule has 0 spiro atoms. The minimum Gasteiger partial charge on any atom is -0.493 e. The van der Waals surface area contributed by atoms with Crippen LogP contribution >= 0.6 is 0 Å². The van der Waals surface area contributed by atoms with E-state index in [0.29, 0.717) is 40.1 Å². The monoisotopic (exact) mass is 1190 g/mol. The summed E-state index contributed by atoms with van der Waals surface area (Å²) in [6.07, 6.45) is 10.8. The molecule has 0 saturated carbocycles. The van der Waals surface area contributed by atoms with E-state index in [4.69, 9.17) is 23.9 Å². The highest BCUT2D eigenvalue weighted by Crippen LogP contribution is 2.32. The lowest BCUT2D eigenvalue weighted by atomic mass is 9.91. The second-order valence-corrected chi connectivity index (χ2v) is 21.2. The normalized spacial score (nSPS) is 11.7. The van der Waals surface area contributed by atoms with Crippen LogP contribution in [0.5, 0.6) is 23.0 Å². The van der Waals surface area contributed by atoms with Crippen LogP contribution in [0.1, 0.15) is 70.8 Å². The maximum absolute atomic E-state index is 6.92. The molecule has 8 nitrogen and oxygen atoms in total. The van der Waals surface area contributed by atoms with Gasteiger partial charge in [-0.1, -0.05) is 177 Å². The van der Waals surface area contributed by atoms with Crippen LogP contribution in [0, 0.1) is 12.3 Å². The van der Waals surface area contributed by atoms with Crippen molar-refractivity contribution in [1.29, 1.82) is 0 Å². The third kappa shape index (κ3) is 18.2. The molecule has 91 heavy (non-hydrogen) atoms. The minimum absolute atomic E-state index is 0.117. The van der Waals surface area contributed by atoms with Gasteiger partial charge in [-0.15, -0.1) is 0 Å². The second kappa shape index (κ2) is 33.0. The van der Waals surface area contributed by atoms with Crippen LogP contribution in [-0.4, -0.2) is 49.9 Å². The number of hydrogen-bond acceptors (Lipinski definition) is 8. The summed E-state index contributed by atoms with van der Waals surface area (Å²) in [6, 6.07) is 80.3. The van der Waals surface area contributed by atoms with E-state index in [1.807, 2.05) is 270 Å². The average molecular weight is 1190 g/mol. The van der Waals surface area contributed by atoms with E-state index >= 15 is 0 Å². The summed E-state index contributed by atoms with van der Waals surface area (Å²) in [7, 11) is 0. The van der Waals surface area contributed by atoms with Crippen LogP contribution in [0.4, 0.5) is 5.69 Å². The Bertz CT molecular complexity index is 3970. The molecular weight excluding hydrogens is 1120 g/mol. The summed E-state index contributed by atoms with van der Waals surface area (Å²) in [5, 5.41) is 0. The number of rotatable bonds is 27. The van der Waals surface area contributed by atoms with Crippen LogP contribution in [0.2, 0.25) is 0 Å². The van der Waals surface area contributed by atoms with E-state index in [9.17, 15) is 0 Å². The SMILES string of the molecule is C=C/C(=C\C)N=C=C(c1ccccc1)c1ccc(OCC(COc2ccc(C(=C=N/C(C=C)=C/C)c3ccccc3)cc2)(COc2ccc(C(=C=N/C(C=C)=C/C)c3ccccc3)cc2)COc2ccc(C(=C=Nc3ccc(C)cc3)c3ccccc3)cc2)cc1. The summed E-state index contributed by atoms with van der Waals surface area (Å²) >= 11 is 0. The molecule has 0 aliphatic heterocycles. The van der Waals surface area contributed by atoms with Crippen molar-refractivity contribution in [2.24, 2.45) is 25.4 Å². The van der Waals surface area contributed by atoms with Gasteiger partial charge in [0.2, 0.25) is 0 Å². The van der Waals surface area contributed by atoms with E-state index in [0.717, 1.165) is 78.1 Å². The Morgan fingerprint density at radius 3 is 0.813 bits per heavy atom. The van der Waals surface area contributed by atoms with Crippen LogP contribution in [0.3, 0.4) is 0 Å². The van der Waals surface area contributed by atoms with Crippen molar-refractivity contribution in [3.63, 3.8) is 0 Å². The predicted molar refractivity (Wildman–Crippen MR) is 378 cm³/mol. The summed E-state index contributed by atoms with van der Waals surface area (Å²) in [5.41, 5.74) is 14.0. The Morgan fingerprint density at radius 2 is 0.571 bits per heavy atom. The fourth-order valence-corrected chi connectivity index (χ4v) is 9.45. The maximum atomic E-state index is 6.92. The first-order valence-corrected chi connectivity index (χ1v) is 30.1. The van der Waals surface area contributed by atoms with Gasteiger partial charge in [0.05, 0.1) is 45.1 Å². The van der Waals surface area contributed by atoms with Crippen molar-refractivity contribution < 1.29 is 18.9 Å². The number of aryl methyl sites for hydroxylation is 1. The molecule has 8 heteroatoms. The van der Waals surface area contributed by atoms with Gasteiger partial charge in [-0.05, 0) is 223 Å². The molecule has 0 N–H and O–H groups in total. The van der Waals surface area contributed by atoms with Crippen molar-refractivity contribution in [1.82, 2.24) is 0 Å². The Morgan fingerprint density at radius 1 is 0.330 bits per heavy atom. The molecule has 0 bridgehead atoms. The van der Waals surface area contributed by atoms with Crippen molar-refractivity contribution in [3.8, 4) is 23.0 Å². The third-order valence-electron chi connectivity index (χ3n) is 14.7. The van der Waals surface area contributed by atoms with E-state index in [2.05, 4.69) is 77.2 Å². The smallest absolute Gasteiger partial charge is 0.119 e. The maximum Gasteiger partial charge on any atom is 0.119 e. The summed E-state index contributed by atoms with van der Waals surface area (Å²) in [6.45, 7) is 20.1. The van der Waals surface area contributed by atoms with E-state index in [-0.39, 0.29) is 26.4 Å². The van der Waals surface area contributed by atoms with Gasteiger partial charge in [0.1, 0.15) is 54.8 Å². The molecule has 0 aromatic heterocycles. The van der Waals surface area contributed by atoms with Crippen molar-refractivity contribution in [2.75, 3.05) is 26.4 Å². The lowest BCUT2D eigenvalue weighted by Crippen LogP contribution is -2.45. The lowest BCUT2D eigenvalue weighted by Gasteiger charge is -2.33. The molecule has 0 saturated heterocycles. The molecule has 0 heterocycles. The van der Waals surface area contributed by atoms with Gasteiger partial charge in [0.25, 0.3) is 0 Å². The van der Waals surface area contributed by atoms with Crippen molar-refractivity contribution in [3.05, 3.63) is 366 Å². The highest BCUT2D eigenvalue weighted by molar-refractivity contribution is 6.01. The molecule has 9 aromatic rings. The van der Waals surface area contributed by atoms with Crippen molar-refractivity contribution in [2.45, 2.75) is 27.7 Å². The summed E-state index contributed by atoms with van der Waals surface area (Å²) < 4.78 is 27.6. The standard InChI is InChI=1S/C83H72N4O4/c1-8-71(9-2)84-54-79(63-26-18-14-19-27-63)67-36-46-75(47-37-67)88-58-83(59-89-76-48-38-68(39-49-76)80(55-85-72(10-3)11-4)64-28-20-15-21-29-64,60-90-77-50-40-69(41-51-77)81(56-86-73(12-5)13-6)65-30-22-16-23-31-65)61-91-78-52-42-70(43-53-78)82(66-32-24-17-25-33-66)57-87-74-44-34-62(7)35-45-74/h8-53H,1,3,5,58-61H2,2,4,6-7H3/b71-9+,72-11+,73-13+. The molecule has 9 aromatic carbocycles. The molecule has 0 unspecified atom stereocenters. The van der Waals surface area contributed by atoms with Crippen LogP contribution in [-0.2, 0) is 0 Å². The van der Waals surface area contributed by atoms with Gasteiger partial charge in [0.15, 0.2) is 0 Å². The van der Waals surface area contributed by atoms with Gasteiger partial charge in [0, 0.05) is 0 Å². The number of benzene rings is 9. The Hall–Kier alpha value is -11.6. The fourth-order valence-electron chi connectivity index (χ4n) is 9.45. The Kier molecular flexibility index (Phi) is 23.1. The van der Waals surface area contributed by atoms with E-state index in [1.54, 1.807) is 18.2 Å². The first-order valence-electron chi connectivity index (χ1n) is 30.1. The zero-order valence-corrected chi connectivity index (χ0v) is 51.9. The predicted octanol–water partition coefficient (Wildman–Crippen LogP) is 19.6. The zero-order valence-electron chi connectivity index (χ0n) is 51.9. The minimum atomic E-state index is -0.968. The quantitative estimate of drug-likeness (QED) is 0.0379. The van der Waals surface area contributed by atoms with E-state index in [1.165, 1.54) is 0 Å². The molecule has 0 atom stereocenters. The summed E-state index contributed by atoms with van der Waals surface area (Å²) in [5.74, 6) is 15.8. The van der Waals surface area contributed by atoms with Gasteiger partial charge in [-0.3, -0.25) is 0 Å². The van der Waals surface area contributed by atoms with Crippen LogP contribution in [0.15, 0.2) is 336 Å². The van der Waals surface area contributed by atoms with Gasteiger partial charge in [-0.2, -0.15) is 0 Å². The average Bonchev–Trinajstić information content (AvgIpc) is 3.35. The van der Waals surface area contributed by atoms with Gasteiger partial charge in [-0.25, -0.2) is 20.0 Å². The van der Waals surface area contributed by atoms with Crippen LogP contribution in [0.25, 0.3) is 22.3 Å². The van der Waals surface area contributed by atoms with Gasteiger partial charge < -0.3 is 18.9 Å². The molecule has 448 valence electrons. The van der Waals surface area contributed by atoms with Crippen LogP contribution < -0.4 is 18.9 Å². The first-order chi connectivity index (χ1) is 44.7. The first kappa shape index (κ1) is 63.9. The molecule has 0 aliphatic carbocycles. The number of aliphatic imine (C=N–C) groups is 4. The number of nitrogens with zero attached hydrogens (tertiary/aromatic N) is 4. The highest BCUT2D eigenvalue weighted by atomic mass is 16.5. The van der Waals surface area contributed by atoms with Gasteiger partial charge >= 0.3 is 0 Å². The number of allylic oxidation sites excluding steroid dienone is 6. The largest absolute Gasteiger partial charge is 0.493 e. The van der Waals surface area contributed by atoms with E-state index < -0.39 is 5.41 Å². The van der Waals surface area contributed by atoms with Crippen molar-refractivity contribution >= 4 is 51.5 Å². The zero-order chi connectivity index (χ0) is 63.5. The summed E-state index contributed by atoms with van der Waals surface area (Å²) in [4.78, 5) is 18.7. The second-order valence-electron chi connectivity index (χ2n) is 21.2. The molecule has 0 fully saturated rings. The molecule has 0 radical (unpaired) electrons.